The number of carbonyl (C=O) groups is 1. The zero-order valence-electron chi connectivity index (χ0n) is 10.3. The van der Waals surface area contributed by atoms with Crippen LogP contribution in [0.15, 0.2) is 54.7 Å². The van der Waals surface area contributed by atoms with Crippen molar-refractivity contribution >= 4 is 16.7 Å². The van der Waals surface area contributed by atoms with E-state index in [0.29, 0.717) is 11.1 Å². The quantitative estimate of drug-likeness (QED) is 0.663. The minimum absolute atomic E-state index is 0.0159. The van der Waals surface area contributed by atoms with Crippen LogP contribution in [0.4, 0.5) is 8.78 Å². The number of fused-ring (bicyclic) bond motifs is 1. The van der Waals surface area contributed by atoms with Gasteiger partial charge in [0, 0.05) is 28.8 Å². The van der Waals surface area contributed by atoms with Crippen molar-refractivity contribution in [2.45, 2.75) is 0 Å². The number of ketones is 1. The zero-order chi connectivity index (χ0) is 14.1. The summed E-state index contributed by atoms with van der Waals surface area (Å²) in [7, 11) is 0. The Morgan fingerprint density at radius 3 is 2.40 bits per heavy atom. The molecule has 2 aromatic carbocycles. The van der Waals surface area contributed by atoms with Gasteiger partial charge in [-0.3, -0.25) is 9.78 Å². The lowest BCUT2D eigenvalue weighted by atomic mass is 10.0. The third kappa shape index (κ3) is 2.28. The maximum atomic E-state index is 13.2. The first-order valence-corrected chi connectivity index (χ1v) is 5.99. The van der Waals surface area contributed by atoms with E-state index in [0.717, 1.165) is 23.6 Å². The molecule has 98 valence electrons. The lowest BCUT2D eigenvalue weighted by Crippen LogP contribution is -2.02. The molecule has 0 aliphatic carbocycles. The molecule has 0 unspecified atom stereocenters. The number of benzene rings is 2. The first-order valence-electron chi connectivity index (χ1n) is 5.99. The third-order valence-corrected chi connectivity index (χ3v) is 2.99. The van der Waals surface area contributed by atoms with Crippen LogP contribution < -0.4 is 0 Å². The van der Waals surface area contributed by atoms with Crippen LogP contribution in [0.1, 0.15) is 15.9 Å². The highest BCUT2D eigenvalue weighted by atomic mass is 19.1. The van der Waals surface area contributed by atoms with E-state index in [9.17, 15) is 13.6 Å². The molecule has 20 heavy (non-hydrogen) atoms. The van der Waals surface area contributed by atoms with Crippen molar-refractivity contribution in [1.82, 2.24) is 4.98 Å². The molecule has 4 heteroatoms. The van der Waals surface area contributed by atoms with Crippen molar-refractivity contribution in [2.75, 3.05) is 0 Å². The number of rotatable bonds is 2. The Morgan fingerprint density at radius 1 is 0.900 bits per heavy atom. The summed E-state index contributed by atoms with van der Waals surface area (Å²) in [5.74, 6) is -1.98. The Hall–Kier alpha value is -2.62. The number of hydrogen-bond acceptors (Lipinski definition) is 2. The number of carbonyl (C=O) groups excluding carboxylic acids is 1. The third-order valence-electron chi connectivity index (χ3n) is 2.99. The maximum absolute atomic E-state index is 13.2. The lowest BCUT2D eigenvalue weighted by molar-refractivity contribution is 0.103. The highest BCUT2D eigenvalue weighted by Gasteiger charge is 2.12. The Bertz CT molecular complexity index is 794. The van der Waals surface area contributed by atoms with E-state index in [1.54, 1.807) is 30.5 Å². The molecule has 0 saturated heterocycles. The summed E-state index contributed by atoms with van der Waals surface area (Å²) in [4.78, 5) is 16.4. The monoisotopic (exact) mass is 269 g/mol. The SMILES string of the molecule is O=C(c1cc(F)cc(F)c1)c1ccc2cccnc2c1. The summed E-state index contributed by atoms with van der Waals surface area (Å²) >= 11 is 0. The van der Waals surface area contributed by atoms with E-state index in [-0.39, 0.29) is 5.56 Å². The molecule has 3 rings (SSSR count). The summed E-state index contributed by atoms with van der Waals surface area (Å²) in [5.41, 5.74) is 0.995. The van der Waals surface area contributed by atoms with Crippen LogP contribution >= 0.6 is 0 Å². The number of aromatic nitrogens is 1. The molecule has 1 heterocycles. The van der Waals surface area contributed by atoms with E-state index in [1.807, 2.05) is 6.07 Å². The molecule has 2 nitrogen and oxygen atoms in total. The zero-order valence-corrected chi connectivity index (χ0v) is 10.3. The van der Waals surface area contributed by atoms with Gasteiger partial charge in [-0.1, -0.05) is 18.2 Å². The van der Waals surface area contributed by atoms with Gasteiger partial charge in [-0.2, -0.15) is 0 Å². The molecule has 0 aliphatic rings. The summed E-state index contributed by atoms with van der Waals surface area (Å²) in [6.45, 7) is 0. The lowest BCUT2D eigenvalue weighted by Gasteiger charge is -2.03. The number of hydrogen-bond donors (Lipinski definition) is 0. The van der Waals surface area contributed by atoms with Crippen LogP contribution in [-0.2, 0) is 0 Å². The van der Waals surface area contributed by atoms with Crippen molar-refractivity contribution in [3.8, 4) is 0 Å². The largest absolute Gasteiger partial charge is 0.289 e. The fraction of sp³-hybridized carbons (Fsp3) is 0. The van der Waals surface area contributed by atoms with Crippen LogP contribution in [0, 0.1) is 11.6 Å². The van der Waals surface area contributed by atoms with Crippen LogP contribution in [-0.4, -0.2) is 10.8 Å². The van der Waals surface area contributed by atoms with Gasteiger partial charge in [-0.15, -0.1) is 0 Å². The van der Waals surface area contributed by atoms with Gasteiger partial charge in [0.15, 0.2) is 5.78 Å². The number of pyridine rings is 1. The van der Waals surface area contributed by atoms with E-state index in [2.05, 4.69) is 4.98 Å². The van der Waals surface area contributed by atoms with Crippen molar-refractivity contribution in [3.63, 3.8) is 0 Å². The van der Waals surface area contributed by atoms with Gasteiger partial charge in [0.1, 0.15) is 11.6 Å². The normalized spacial score (nSPS) is 10.7. The van der Waals surface area contributed by atoms with E-state index >= 15 is 0 Å². The van der Waals surface area contributed by atoms with Crippen LogP contribution in [0.25, 0.3) is 10.9 Å². The van der Waals surface area contributed by atoms with Gasteiger partial charge in [0.2, 0.25) is 0 Å². The maximum Gasteiger partial charge on any atom is 0.193 e. The second-order valence-electron chi connectivity index (χ2n) is 4.40. The highest BCUT2D eigenvalue weighted by molar-refractivity contribution is 6.10. The molecule has 3 aromatic rings. The molecule has 0 aliphatic heterocycles. The topological polar surface area (TPSA) is 30.0 Å². The first-order chi connectivity index (χ1) is 9.63. The fourth-order valence-electron chi connectivity index (χ4n) is 2.06. The number of halogens is 2. The van der Waals surface area contributed by atoms with Crippen molar-refractivity contribution in [2.24, 2.45) is 0 Å². The predicted molar refractivity (Wildman–Crippen MR) is 71.5 cm³/mol. The van der Waals surface area contributed by atoms with Crippen molar-refractivity contribution in [3.05, 3.63) is 77.5 Å². The summed E-state index contributed by atoms with van der Waals surface area (Å²) in [6.07, 6.45) is 1.62. The summed E-state index contributed by atoms with van der Waals surface area (Å²) in [6, 6.07) is 11.4. The second-order valence-corrected chi connectivity index (χ2v) is 4.40. The van der Waals surface area contributed by atoms with Gasteiger partial charge in [0.05, 0.1) is 5.52 Å². The van der Waals surface area contributed by atoms with Gasteiger partial charge in [0.25, 0.3) is 0 Å². The Balaban J connectivity index is 2.07. The standard InChI is InChI=1S/C16H9F2NO/c17-13-6-12(7-14(18)9-13)16(20)11-4-3-10-2-1-5-19-15(10)8-11/h1-9H. The Labute approximate surface area is 113 Å². The molecule has 1 aromatic heterocycles. The minimum atomic E-state index is -0.771. The van der Waals surface area contributed by atoms with Crippen molar-refractivity contribution in [1.29, 1.82) is 0 Å². The van der Waals surface area contributed by atoms with Crippen molar-refractivity contribution < 1.29 is 13.6 Å². The average molecular weight is 269 g/mol. The van der Waals surface area contributed by atoms with E-state index < -0.39 is 17.4 Å². The van der Waals surface area contributed by atoms with Crippen LogP contribution in [0.3, 0.4) is 0 Å². The van der Waals surface area contributed by atoms with Gasteiger partial charge >= 0.3 is 0 Å². The van der Waals surface area contributed by atoms with E-state index in [1.165, 1.54) is 0 Å². The smallest absolute Gasteiger partial charge is 0.193 e. The Morgan fingerprint density at radius 2 is 1.65 bits per heavy atom. The Kier molecular flexibility index (Phi) is 2.99. The highest BCUT2D eigenvalue weighted by Crippen LogP contribution is 2.17. The number of nitrogens with zero attached hydrogens (tertiary/aromatic N) is 1. The predicted octanol–water partition coefficient (Wildman–Crippen LogP) is 3.74. The fourth-order valence-corrected chi connectivity index (χ4v) is 2.06. The molecule has 0 bridgehead atoms. The van der Waals surface area contributed by atoms with Crippen LogP contribution in [0.5, 0.6) is 0 Å². The molecule has 0 amide bonds. The molecule has 0 radical (unpaired) electrons. The molecular formula is C16H9F2NO. The van der Waals surface area contributed by atoms with Crippen LogP contribution in [0.2, 0.25) is 0 Å². The van der Waals surface area contributed by atoms with Gasteiger partial charge in [-0.05, 0) is 24.3 Å². The molecule has 0 N–H and O–H groups in total. The second kappa shape index (κ2) is 4.81. The van der Waals surface area contributed by atoms with E-state index in [4.69, 9.17) is 0 Å². The summed E-state index contributed by atoms with van der Waals surface area (Å²) < 4.78 is 26.3. The summed E-state index contributed by atoms with van der Waals surface area (Å²) in [5, 5.41) is 0.898. The molecule has 0 fully saturated rings. The first kappa shape index (κ1) is 12.4. The molecule has 0 saturated carbocycles. The average Bonchev–Trinajstić information content (AvgIpc) is 2.45. The van der Waals surface area contributed by atoms with Gasteiger partial charge in [-0.25, -0.2) is 8.78 Å². The molecule has 0 spiro atoms. The minimum Gasteiger partial charge on any atom is -0.289 e. The molecule has 0 atom stereocenters. The molecular weight excluding hydrogens is 260 g/mol. The van der Waals surface area contributed by atoms with Gasteiger partial charge < -0.3 is 0 Å².